The molecule has 1 heterocycles. The Balaban J connectivity index is 2.11. The summed E-state index contributed by atoms with van der Waals surface area (Å²) in [7, 11) is -1.38. The second-order valence-corrected chi connectivity index (χ2v) is 14.5. The number of aliphatic hydroxyl groups is 1. The summed E-state index contributed by atoms with van der Waals surface area (Å²) < 4.78 is 28.2. The molecule has 8 nitrogen and oxygen atoms in total. The lowest BCUT2D eigenvalue weighted by Gasteiger charge is -2.43. The molecule has 1 aliphatic heterocycles. The molecule has 0 aliphatic carbocycles. The van der Waals surface area contributed by atoms with Gasteiger partial charge in [-0.05, 0) is 11.6 Å². The normalized spacial score (nSPS) is 26.3. The summed E-state index contributed by atoms with van der Waals surface area (Å²) in [6, 6.07) is 10.5. The fourth-order valence-electron chi connectivity index (χ4n) is 3.15. The molecule has 0 saturated carbocycles. The van der Waals surface area contributed by atoms with Crippen molar-refractivity contribution in [3.63, 3.8) is 0 Å². The number of esters is 2. The van der Waals surface area contributed by atoms with Crippen molar-refractivity contribution in [2.75, 3.05) is 13.2 Å². The highest BCUT2D eigenvalue weighted by molar-refractivity contribution is 6.76. The molecule has 0 amide bonds. The van der Waals surface area contributed by atoms with Crippen LogP contribution in [0.1, 0.15) is 19.4 Å². The van der Waals surface area contributed by atoms with Crippen LogP contribution in [0.2, 0.25) is 25.7 Å². The summed E-state index contributed by atoms with van der Waals surface area (Å²) >= 11 is 0. The van der Waals surface area contributed by atoms with E-state index >= 15 is 0 Å². The van der Waals surface area contributed by atoms with E-state index in [2.05, 4.69) is 19.6 Å². The van der Waals surface area contributed by atoms with Gasteiger partial charge in [0.2, 0.25) is 0 Å². The summed E-state index contributed by atoms with van der Waals surface area (Å²) in [4.78, 5) is 23.3. The lowest BCUT2D eigenvalue weighted by atomic mass is 9.98. The fraction of sp³-hybridized carbons (Fsp3) is 0.636. The lowest BCUT2D eigenvalue weighted by molar-refractivity contribution is -0.306. The molecular formula is C22H34O8Si. The molecule has 1 fully saturated rings. The molecule has 1 aromatic rings. The van der Waals surface area contributed by atoms with Crippen LogP contribution in [0.15, 0.2) is 30.3 Å². The largest absolute Gasteiger partial charge is 0.455 e. The van der Waals surface area contributed by atoms with Crippen molar-refractivity contribution >= 4 is 20.0 Å². The van der Waals surface area contributed by atoms with Gasteiger partial charge in [-0.1, -0.05) is 50.0 Å². The first-order valence-corrected chi connectivity index (χ1v) is 14.2. The van der Waals surface area contributed by atoms with Crippen LogP contribution in [-0.4, -0.2) is 69.0 Å². The van der Waals surface area contributed by atoms with Crippen LogP contribution in [0.25, 0.3) is 0 Å². The molecule has 174 valence electrons. The molecule has 0 bridgehead atoms. The lowest BCUT2D eigenvalue weighted by Crippen LogP contribution is -2.61. The third-order valence-electron chi connectivity index (χ3n) is 4.75. The Morgan fingerprint density at radius 3 is 2.23 bits per heavy atom. The van der Waals surface area contributed by atoms with Gasteiger partial charge in [0.1, 0.15) is 12.2 Å². The Kier molecular flexibility index (Phi) is 9.64. The summed E-state index contributed by atoms with van der Waals surface area (Å²) in [6.45, 7) is 9.90. The van der Waals surface area contributed by atoms with Gasteiger partial charge < -0.3 is 28.8 Å². The topological polar surface area (TPSA) is 101 Å². The SMILES string of the molecule is CC(=O)O[C@H]1[C@H](OCC[Si](C)(C)C)O[C@H](COCc2ccccc2)[C@H](O)[C@@H]1OC(C)=O. The van der Waals surface area contributed by atoms with Crippen LogP contribution in [0.4, 0.5) is 0 Å². The van der Waals surface area contributed by atoms with Gasteiger partial charge >= 0.3 is 11.9 Å². The predicted molar refractivity (Wildman–Crippen MR) is 116 cm³/mol. The number of carbonyl (C=O) groups is 2. The molecule has 0 radical (unpaired) electrons. The van der Waals surface area contributed by atoms with Gasteiger partial charge in [-0.2, -0.15) is 0 Å². The molecule has 9 heteroatoms. The Morgan fingerprint density at radius 2 is 1.65 bits per heavy atom. The summed E-state index contributed by atoms with van der Waals surface area (Å²) in [5.74, 6) is -1.19. The number of aliphatic hydroxyl groups excluding tert-OH is 1. The van der Waals surface area contributed by atoms with Gasteiger partial charge in [0.05, 0.1) is 13.2 Å². The van der Waals surface area contributed by atoms with Gasteiger partial charge in [0.25, 0.3) is 0 Å². The summed E-state index contributed by atoms with van der Waals surface area (Å²) in [5.41, 5.74) is 0.977. The number of ether oxygens (including phenoxy) is 5. The molecule has 2 rings (SSSR count). The highest BCUT2D eigenvalue weighted by Gasteiger charge is 2.50. The van der Waals surface area contributed by atoms with Crippen LogP contribution < -0.4 is 0 Å². The zero-order valence-corrected chi connectivity index (χ0v) is 19.9. The second-order valence-electron chi connectivity index (χ2n) is 8.86. The number of hydrogen-bond donors (Lipinski definition) is 1. The summed E-state index contributed by atoms with van der Waals surface area (Å²) in [6.07, 6.45) is -5.27. The Labute approximate surface area is 184 Å². The number of rotatable bonds is 10. The van der Waals surface area contributed by atoms with Crippen LogP contribution in [-0.2, 0) is 39.9 Å². The standard InChI is InChI=1S/C22H34O8Si/c1-15(23)28-20-19(25)18(14-26-13-17-9-7-6-8-10-17)30-22(21(20)29-16(2)24)27-11-12-31(3,4)5/h6-10,18-22,25H,11-14H2,1-5H3/t18-,19+,20+,21-,22-/m1/s1. The minimum atomic E-state index is -1.38. The first kappa shape index (κ1) is 25.5. The molecular weight excluding hydrogens is 420 g/mol. The first-order valence-electron chi connectivity index (χ1n) is 10.5. The van der Waals surface area contributed by atoms with E-state index in [-0.39, 0.29) is 6.61 Å². The second kappa shape index (κ2) is 11.7. The van der Waals surface area contributed by atoms with E-state index in [4.69, 9.17) is 23.7 Å². The van der Waals surface area contributed by atoms with E-state index in [0.717, 1.165) is 11.6 Å². The Hall–Kier alpha value is -1.78. The molecule has 0 aromatic heterocycles. The predicted octanol–water partition coefficient (Wildman–Crippen LogP) is 2.51. The van der Waals surface area contributed by atoms with Crippen molar-refractivity contribution in [1.29, 1.82) is 0 Å². The van der Waals surface area contributed by atoms with Crippen molar-refractivity contribution in [1.82, 2.24) is 0 Å². The molecule has 0 unspecified atom stereocenters. The number of carbonyl (C=O) groups excluding carboxylic acids is 2. The van der Waals surface area contributed by atoms with Crippen molar-refractivity contribution in [3.8, 4) is 0 Å². The van der Waals surface area contributed by atoms with Gasteiger partial charge in [-0.15, -0.1) is 0 Å². The third-order valence-corrected chi connectivity index (χ3v) is 6.45. The van der Waals surface area contributed by atoms with E-state index < -0.39 is 50.7 Å². The van der Waals surface area contributed by atoms with Gasteiger partial charge in [-0.3, -0.25) is 9.59 Å². The quantitative estimate of drug-likeness (QED) is 0.425. The molecule has 5 atom stereocenters. The highest BCUT2D eigenvalue weighted by Crippen LogP contribution is 2.28. The molecule has 0 spiro atoms. The van der Waals surface area contributed by atoms with Gasteiger partial charge in [-0.25, -0.2) is 0 Å². The maximum Gasteiger partial charge on any atom is 0.303 e. The van der Waals surface area contributed by atoms with E-state index in [1.165, 1.54) is 13.8 Å². The van der Waals surface area contributed by atoms with Crippen molar-refractivity contribution in [2.45, 2.75) is 76.8 Å². The maximum atomic E-state index is 11.7. The minimum Gasteiger partial charge on any atom is -0.455 e. The number of hydrogen-bond acceptors (Lipinski definition) is 8. The fourth-order valence-corrected chi connectivity index (χ4v) is 3.88. The van der Waals surface area contributed by atoms with E-state index in [1.54, 1.807) is 0 Å². The van der Waals surface area contributed by atoms with Crippen LogP contribution in [0.5, 0.6) is 0 Å². The third kappa shape index (κ3) is 8.70. The first-order chi connectivity index (χ1) is 14.6. The van der Waals surface area contributed by atoms with Crippen LogP contribution >= 0.6 is 0 Å². The zero-order chi connectivity index (χ0) is 23.0. The smallest absolute Gasteiger partial charge is 0.303 e. The molecule has 1 saturated heterocycles. The highest BCUT2D eigenvalue weighted by atomic mass is 28.3. The van der Waals surface area contributed by atoms with Crippen molar-refractivity contribution in [2.24, 2.45) is 0 Å². The molecule has 1 N–H and O–H groups in total. The van der Waals surface area contributed by atoms with Gasteiger partial charge in [0.15, 0.2) is 18.5 Å². The average molecular weight is 455 g/mol. The summed E-state index contributed by atoms with van der Waals surface area (Å²) in [5, 5.41) is 10.8. The van der Waals surface area contributed by atoms with E-state index in [0.29, 0.717) is 13.2 Å². The number of benzene rings is 1. The monoisotopic (exact) mass is 454 g/mol. The minimum absolute atomic E-state index is 0.0501. The van der Waals surface area contributed by atoms with Crippen molar-refractivity contribution in [3.05, 3.63) is 35.9 Å². The van der Waals surface area contributed by atoms with Gasteiger partial charge in [0, 0.05) is 28.5 Å². The Bertz CT molecular complexity index is 705. The zero-order valence-electron chi connectivity index (χ0n) is 18.9. The van der Waals surface area contributed by atoms with E-state index in [1.807, 2.05) is 30.3 Å². The van der Waals surface area contributed by atoms with Crippen LogP contribution in [0.3, 0.4) is 0 Å². The van der Waals surface area contributed by atoms with E-state index in [9.17, 15) is 14.7 Å². The Morgan fingerprint density at radius 1 is 1.03 bits per heavy atom. The van der Waals surface area contributed by atoms with Crippen LogP contribution in [0, 0.1) is 0 Å². The molecule has 1 aromatic carbocycles. The maximum absolute atomic E-state index is 11.7. The molecule has 31 heavy (non-hydrogen) atoms. The van der Waals surface area contributed by atoms with Crippen molar-refractivity contribution < 1.29 is 38.4 Å². The molecule has 1 aliphatic rings. The average Bonchev–Trinajstić information content (AvgIpc) is 2.67.